The van der Waals surface area contributed by atoms with Gasteiger partial charge in [-0.3, -0.25) is 0 Å². The second kappa shape index (κ2) is 5.04. The van der Waals surface area contributed by atoms with Crippen molar-refractivity contribution in [2.24, 2.45) is 0 Å². The number of hydrogen-bond donors (Lipinski definition) is 0. The van der Waals surface area contributed by atoms with Crippen LogP contribution in [0.2, 0.25) is 5.02 Å². The van der Waals surface area contributed by atoms with Crippen LogP contribution in [0.4, 0.5) is 0 Å². The molecule has 0 aliphatic heterocycles. The highest BCUT2D eigenvalue weighted by Crippen LogP contribution is 2.26. The second-order valence-electron chi connectivity index (χ2n) is 3.52. The number of halogens is 1. The van der Waals surface area contributed by atoms with Gasteiger partial charge in [0.15, 0.2) is 0 Å². The molecule has 0 amide bonds. The van der Waals surface area contributed by atoms with Gasteiger partial charge in [-0.1, -0.05) is 36.7 Å². The molecule has 0 spiro atoms. The van der Waals surface area contributed by atoms with E-state index >= 15 is 0 Å². The summed E-state index contributed by atoms with van der Waals surface area (Å²) in [5.41, 5.74) is 1.11. The van der Waals surface area contributed by atoms with Crippen LogP contribution in [0.5, 0.6) is 11.5 Å². The molecule has 0 atom stereocenters. The fraction of sp³-hybridized carbons (Fsp3) is 0.143. The van der Waals surface area contributed by atoms with E-state index < -0.39 is 0 Å². The van der Waals surface area contributed by atoms with Gasteiger partial charge in [-0.25, -0.2) is 0 Å². The Morgan fingerprint density at radius 1 is 1.00 bits per heavy atom. The normalized spacial score (nSPS) is 10.1. The molecule has 2 aromatic carbocycles. The molecular weight excluding hydrogens is 220 g/mol. The summed E-state index contributed by atoms with van der Waals surface area (Å²) in [7, 11) is 0. The minimum atomic E-state index is 0.794. The summed E-state index contributed by atoms with van der Waals surface area (Å²) in [5.74, 6) is 1.67. The maximum atomic E-state index is 6.04. The molecule has 0 fully saturated rings. The Kier molecular flexibility index (Phi) is 3.47. The van der Waals surface area contributed by atoms with E-state index in [9.17, 15) is 0 Å². The van der Waals surface area contributed by atoms with Crippen molar-refractivity contribution in [2.45, 2.75) is 13.3 Å². The fourth-order valence-electron chi connectivity index (χ4n) is 1.51. The Bertz CT molecular complexity index is 465. The predicted molar refractivity (Wildman–Crippen MR) is 67.3 cm³/mol. The maximum Gasteiger partial charge on any atom is 0.127 e. The molecule has 1 nitrogen and oxygen atoms in total. The van der Waals surface area contributed by atoms with E-state index in [1.54, 1.807) is 0 Å². The molecule has 0 heterocycles. The lowest BCUT2D eigenvalue weighted by molar-refractivity contribution is 0.482. The van der Waals surface area contributed by atoms with Gasteiger partial charge in [0.1, 0.15) is 11.5 Å². The molecule has 0 saturated carbocycles. The van der Waals surface area contributed by atoms with Gasteiger partial charge in [0.25, 0.3) is 0 Å². The smallest absolute Gasteiger partial charge is 0.127 e. The van der Waals surface area contributed by atoms with Gasteiger partial charge in [0.2, 0.25) is 0 Å². The number of ether oxygens (including phenoxy) is 1. The van der Waals surface area contributed by atoms with Crippen LogP contribution in [0.15, 0.2) is 48.5 Å². The zero-order valence-electron chi connectivity index (χ0n) is 9.11. The van der Waals surface area contributed by atoms with Gasteiger partial charge in [0.05, 0.1) is 0 Å². The maximum absolute atomic E-state index is 6.04. The van der Waals surface area contributed by atoms with Crippen LogP contribution in [-0.2, 0) is 6.42 Å². The molecule has 0 radical (unpaired) electrons. The third kappa shape index (κ3) is 2.56. The largest absolute Gasteiger partial charge is 0.457 e. The lowest BCUT2D eigenvalue weighted by atomic mass is 10.1. The zero-order chi connectivity index (χ0) is 11.4. The van der Waals surface area contributed by atoms with Crippen LogP contribution in [0, 0.1) is 0 Å². The van der Waals surface area contributed by atoms with Gasteiger partial charge < -0.3 is 4.74 Å². The van der Waals surface area contributed by atoms with E-state index in [0.717, 1.165) is 28.5 Å². The van der Waals surface area contributed by atoms with Gasteiger partial charge >= 0.3 is 0 Å². The molecule has 2 heteroatoms. The van der Waals surface area contributed by atoms with E-state index in [4.69, 9.17) is 16.3 Å². The van der Waals surface area contributed by atoms with Gasteiger partial charge in [-0.05, 0) is 42.3 Å². The first-order valence-corrected chi connectivity index (χ1v) is 5.68. The summed E-state index contributed by atoms with van der Waals surface area (Å²) >= 11 is 6.04. The Balaban J connectivity index is 2.22. The van der Waals surface area contributed by atoms with Crippen LogP contribution in [0.25, 0.3) is 0 Å². The summed E-state index contributed by atoms with van der Waals surface area (Å²) in [6.45, 7) is 2.08. The van der Waals surface area contributed by atoms with E-state index in [1.807, 2.05) is 48.5 Å². The lowest BCUT2D eigenvalue weighted by Gasteiger charge is -2.07. The summed E-state index contributed by atoms with van der Waals surface area (Å²) in [5, 5.41) is 0.794. The summed E-state index contributed by atoms with van der Waals surface area (Å²) < 4.78 is 5.72. The third-order valence-electron chi connectivity index (χ3n) is 2.38. The van der Waals surface area contributed by atoms with E-state index in [2.05, 4.69) is 6.92 Å². The molecule has 0 bridgehead atoms. The zero-order valence-corrected chi connectivity index (χ0v) is 9.87. The van der Waals surface area contributed by atoms with Gasteiger partial charge in [-0.15, -0.1) is 0 Å². The van der Waals surface area contributed by atoms with Crippen LogP contribution < -0.4 is 4.74 Å². The highest BCUT2D eigenvalue weighted by atomic mass is 35.5. The van der Waals surface area contributed by atoms with Crippen molar-refractivity contribution in [3.8, 4) is 11.5 Å². The predicted octanol–water partition coefficient (Wildman–Crippen LogP) is 4.69. The number of para-hydroxylation sites is 1. The van der Waals surface area contributed by atoms with Crippen molar-refractivity contribution in [3.63, 3.8) is 0 Å². The van der Waals surface area contributed by atoms with Crippen LogP contribution in [0.1, 0.15) is 12.5 Å². The van der Waals surface area contributed by atoms with Crippen molar-refractivity contribution in [1.82, 2.24) is 0 Å². The minimum absolute atomic E-state index is 0.794. The number of hydrogen-bond acceptors (Lipinski definition) is 1. The number of benzene rings is 2. The first-order chi connectivity index (χ1) is 7.79. The molecule has 0 aliphatic carbocycles. The van der Waals surface area contributed by atoms with Crippen LogP contribution in [-0.4, -0.2) is 0 Å². The standard InChI is InChI=1S/C14H13ClO/c1-2-11-10-13(8-9-14(11)15)16-12-6-4-3-5-7-12/h3-10H,2H2,1H3. The lowest BCUT2D eigenvalue weighted by Crippen LogP contribution is -1.87. The first kappa shape index (κ1) is 11.0. The summed E-state index contributed by atoms with van der Waals surface area (Å²) in [6, 6.07) is 15.5. The Hall–Kier alpha value is -1.47. The highest BCUT2D eigenvalue weighted by molar-refractivity contribution is 6.31. The van der Waals surface area contributed by atoms with Crippen molar-refractivity contribution < 1.29 is 4.74 Å². The number of rotatable bonds is 3. The van der Waals surface area contributed by atoms with Crippen LogP contribution in [0.3, 0.4) is 0 Å². The Morgan fingerprint density at radius 2 is 1.75 bits per heavy atom. The van der Waals surface area contributed by atoms with E-state index in [0.29, 0.717) is 0 Å². The Morgan fingerprint density at radius 3 is 2.44 bits per heavy atom. The topological polar surface area (TPSA) is 9.23 Å². The molecule has 0 saturated heterocycles. The van der Waals surface area contributed by atoms with Crippen molar-refractivity contribution in [2.75, 3.05) is 0 Å². The molecule has 0 aliphatic rings. The molecule has 0 aromatic heterocycles. The third-order valence-corrected chi connectivity index (χ3v) is 2.75. The summed E-state index contributed by atoms with van der Waals surface area (Å²) in [4.78, 5) is 0. The first-order valence-electron chi connectivity index (χ1n) is 5.31. The monoisotopic (exact) mass is 232 g/mol. The fourth-order valence-corrected chi connectivity index (χ4v) is 1.76. The molecule has 2 aromatic rings. The van der Waals surface area contributed by atoms with Crippen molar-refractivity contribution in [3.05, 3.63) is 59.1 Å². The quantitative estimate of drug-likeness (QED) is 0.746. The molecule has 0 N–H and O–H groups in total. The molecule has 16 heavy (non-hydrogen) atoms. The van der Waals surface area contributed by atoms with Crippen LogP contribution >= 0.6 is 11.6 Å². The van der Waals surface area contributed by atoms with E-state index in [1.165, 1.54) is 0 Å². The van der Waals surface area contributed by atoms with Gasteiger partial charge in [0, 0.05) is 5.02 Å². The summed E-state index contributed by atoms with van der Waals surface area (Å²) in [6.07, 6.45) is 0.908. The van der Waals surface area contributed by atoms with Gasteiger partial charge in [-0.2, -0.15) is 0 Å². The number of aryl methyl sites for hydroxylation is 1. The molecule has 2 rings (SSSR count). The Labute approximate surface area is 101 Å². The SMILES string of the molecule is CCc1cc(Oc2ccccc2)ccc1Cl. The van der Waals surface area contributed by atoms with Crippen molar-refractivity contribution >= 4 is 11.6 Å². The molecular formula is C14H13ClO. The second-order valence-corrected chi connectivity index (χ2v) is 3.93. The highest BCUT2D eigenvalue weighted by Gasteiger charge is 2.01. The molecule has 82 valence electrons. The average Bonchev–Trinajstić information content (AvgIpc) is 2.33. The van der Waals surface area contributed by atoms with E-state index in [-0.39, 0.29) is 0 Å². The van der Waals surface area contributed by atoms with Crippen molar-refractivity contribution in [1.29, 1.82) is 0 Å². The molecule has 0 unspecified atom stereocenters. The average molecular weight is 233 g/mol. The minimum Gasteiger partial charge on any atom is -0.457 e.